The highest BCUT2D eigenvalue weighted by Crippen LogP contribution is 2.28. The summed E-state index contributed by atoms with van der Waals surface area (Å²) in [7, 11) is 0. The Bertz CT molecular complexity index is 322. The fourth-order valence-corrected chi connectivity index (χ4v) is 2.04. The van der Waals surface area contributed by atoms with Crippen molar-refractivity contribution >= 4 is 6.09 Å². The van der Waals surface area contributed by atoms with Gasteiger partial charge in [0.15, 0.2) is 0 Å². The maximum Gasteiger partial charge on any atom is 0.407 e. The van der Waals surface area contributed by atoms with Crippen molar-refractivity contribution in [1.29, 1.82) is 0 Å². The van der Waals surface area contributed by atoms with Crippen LogP contribution in [0.3, 0.4) is 0 Å². The summed E-state index contributed by atoms with van der Waals surface area (Å²) in [4.78, 5) is 11.7. The molecule has 1 amide bonds. The number of hydrogen-bond donors (Lipinski definition) is 2. The predicted octanol–water partition coefficient (Wildman–Crippen LogP) is 2.80. The molecule has 0 aromatic rings. The molecule has 1 aliphatic carbocycles. The molecule has 1 fully saturated rings. The molecule has 0 aromatic heterocycles. The molecule has 0 saturated heterocycles. The van der Waals surface area contributed by atoms with Gasteiger partial charge in [0.2, 0.25) is 0 Å². The zero-order valence-electron chi connectivity index (χ0n) is 14.9. The van der Waals surface area contributed by atoms with Gasteiger partial charge in [0.05, 0.1) is 6.61 Å². The van der Waals surface area contributed by atoms with Gasteiger partial charge >= 0.3 is 6.09 Å². The van der Waals surface area contributed by atoms with Gasteiger partial charge in [-0.1, -0.05) is 13.8 Å². The van der Waals surface area contributed by atoms with E-state index in [1.165, 1.54) is 12.8 Å². The molecule has 2 N–H and O–H groups in total. The van der Waals surface area contributed by atoms with Crippen LogP contribution in [-0.2, 0) is 9.47 Å². The summed E-state index contributed by atoms with van der Waals surface area (Å²) in [6.07, 6.45) is 2.32. The summed E-state index contributed by atoms with van der Waals surface area (Å²) in [6.45, 7) is 14.0. The van der Waals surface area contributed by atoms with Crippen LogP contribution in [0.5, 0.6) is 0 Å². The Kier molecular flexibility index (Phi) is 8.18. The minimum Gasteiger partial charge on any atom is -0.444 e. The van der Waals surface area contributed by atoms with Crippen molar-refractivity contribution < 1.29 is 14.3 Å². The van der Waals surface area contributed by atoms with E-state index >= 15 is 0 Å². The summed E-state index contributed by atoms with van der Waals surface area (Å²) in [5.41, 5.74) is -0.450. The first-order valence-corrected chi connectivity index (χ1v) is 8.53. The van der Waals surface area contributed by atoms with Gasteiger partial charge in [-0.25, -0.2) is 4.79 Å². The van der Waals surface area contributed by atoms with Gasteiger partial charge in [-0.05, 0) is 57.9 Å². The van der Waals surface area contributed by atoms with E-state index in [2.05, 4.69) is 24.5 Å². The van der Waals surface area contributed by atoms with Crippen LogP contribution in [0.4, 0.5) is 4.79 Å². The normalized spacial score (nSPS) is 16.6. The van der Waals surface area contributed by atoms with E-state index in [1.54, 1.807) is 0 Å². The lowest BCUT2D eigenvalue weighted by Gasteiger charge is -2.24. The Hall–Kier alpha value is -0.810. The van der Waals surface area contributed by atoms with Gasteiger partial charge < -0.3 is 20.1 Å². The zero-order chi connectivity index (χ0) is 16.6. The molecule has 0 bridgehead atoms. The van der Waals surface area contributed by atoms with E-state index < -0.39 is 5.60 Å². The van der Waals surface area contributed by atoms with Crippen LogP contribution in [0.1, 0.15) is 47.5 Å². The van der Waals surface area contributed by atoms with Crippen molar-refractivity contribution in [2.24, 2.45) is 17.8 Å². The van der Waals surface area contributed by atoms with Gasteiger partial charge in [0.25, 0.3) is 0 Å². The molecule has 0 spiro atoms. The molecule has 1 saturated carbocycles. The monoisotopic (exact) mass is 314 g/mol. The fraction of sp³-hybridized carbons (Fsp3) is 0.941. The van der Waals surface area contributed by atoms with Gasteiger partial charge in [0.1, 0.15) is 5.60 Å². The topological polar surface area (TPSA) is 59.6 Å². The molecule has 1 rings (SSSR count). The first-order valence-electron chi connectivity index (χ1n) is 8.53. The Morgan fingerprint density at radius 3 is 2.45 bits per heavy atom. The van der Waals surface area contributed by atoms with Crippen LogP contribution < -0.4 is 10.6 Å². The van der Waals surface area contributed by atoms with Crippen LogP contribution in [0.2, 0.25) is 0 Å². The largest absolute Gasteiger partial charge is 0.444 e. The van der Waals surface area contributed by atoms with Crippen LogP contribution in [0.15, 0.2) is 0 Å². The number of nitrogens with one attached hydrogen (secondary N) is 2. The third kappa shape index (κ3) is 10.0. The highest BCUT2D eigenvalue weighted by atomic mass is 16.6. The van der Waals surface area contributed by atoms with Gasteiger partial charge in [-0.15, -0.1) is 0 Å². The van der Waals surface area contributed by atoms with E-state index in [0.717, 1.165) is 32.2 Å². The quantitative estimate of drug-likeness (QED) is 0.609. The SMILES string of the molecule is CC(C)C(CNCCOCC1CC1)CNC(=O)OC(C)(C)C. The van der Waals surface area contributed by atoms with E-state index in [4.69, 9.17) is 9.47 Å². The molecule has 1 atom stereocenters. The first kappa shape index (κ1) is 19.2. The zero-order valence-corrected chi connectivity index (χ0v) is 14.9. The highest BCUT2D eigenvalue weighted by Gasteiger charge is 2.21. The molecule has 1 aliphatic rings. The molecule has 130 valence electrons. The summed E-state index contributed by atoms with van der Waals surface area (Å²) >= 11 is 0. The van der Waals surface area contributed by atoms with Crippen LogP contribution >= 0.6 is 0 Å². The van der Waals surface area contributed by atoms with E-state index in [0.29, 0.717) is 18.4 Å². The lowest BCUT2D eigenvalue weighted by molar-refractivity contribution is 0.0514. The number of carbonyl (C=O) groups excluding carboxylic acids is 1. The predicted molar refractivity (Wildman–Crippen MR) is 89.0 cm³/mol. The molecule has 0 heterocycles. The second kappa shape index (κ2) is 9.36. The van der Waals surface area contributed by atoms with Crippen molar-refractivity contribution in [2.75, 3.05) is 32.8 Å². The minimum absolute atomic E-state index is 0.342. The molecule has 5 heteroatoms. The van der Waals surface area contributed by atoms with Crippen molar-refractivity contribution in [3.8, 4) is 0 Å². The number of carbonyl (C=O) groups is 1. The molecule has 1 unspecified atom stereocenters. The summed E-state index contributed by atoms with van der Waals surface area (Å²) in [5.74, 6) is 1.70. The smallest absolute Gasteiger partial charge is 0.407 e. The fourth-order valence-electron chi connectivity index (χ4n) is 2.04. The molecule has 22 heavy (non-hydrogen) atoms. The van der Waals surface area contributed by atoms with Gasteiger partial charge in [-0.3, -0.25) is 0 Å². The minimum atomic E-state index is -0.450. The average molecular weight is 314 g/mol. The molecular formula is C17H34N2O3. The maximum absolute atomic E-state index is 11.7. The van der Waals surface area contributed by atoms with Crippen LogP contribution in [-0.4, -0.2) is 44.5 Å². The number of rotatable bonds is 10. The lowest BCUT2D eigenvalue weighted by Crippen LogP contribution is -2.40. The number of alkyl carbamates (subject to hydrolysis) is 1. The highest BCUT2D eigenvalue weighted by molar-refractivity contribution is 5.67. The Balaban J connectivity index is 2.10. The standard InChI is InChI=1S/C17H34N2O3/c1-13(2)15(11-19-16(20)22-17(3,4)5)10-18-8-9-21-12-14-6-7-14/h13-15,18H,6-12H2,1-5H3,(H,19,20). The van der Waals surface area contributed by atoms with Crippen LogP contribution in [0.25, 0.3) is 0 Å². The molecule has 0 aliphatic heterocycles. The first-order chi connectivity index (χ1) is 10.3. The van der Waals surface area contributed by atoms with Gasteiger partial charge in [0, 0.05) is 19.7 Å². The molecule has 5 nitrogen and oxygen atoms in total. The van der Waals surface area contributed by atoms with Crippen molar-refractivity contribution in [3.05, 3.63) is 0 Å². The second-order valence-electron chi connectivity index (χ2n) is 7.61. The Morgan fingerprint density at radius 1 is 1.23 bits per heavy atom. The van der Waals surface area contributed by atoms with E-state index in [-0.39, 0.29) is 6.09 Å². The average Bonchev–Trinajstić information content (AvgIpc) is 3.18. The molecule has 0 radical (unpaired) electrons. The van der Waals surface area contributed by atoms with Crippen LogP contribution in [0, 0.1) is 17.8 Å². The van der Waals surface area contributed by atoms with Crippen molar-refractivity contribution in [1.82, 2.24) is 10.6 Å². The third-order valence-corrected chi connectivity index (χ3v) is 3.73. The molecule has 0 aromatic carbocycles. The lowest BCUT2D eigenvalue weighted by atomic mass is 9.96. The number of ether oxygens (including phenoxy) is 2. The second-order valence-corrected chi connectivity index (χ2v) is 7.61. The Morgan fingerprint density at radius 2 is 1.91 bits per heavy atom. The van der Waals surface area contributed by atoms with Crippen molar-refractivity contribution in [3.63, 3.8) is 0 Å². The summed E-state index contributed by atoms with van der Waals surface area (Å²) in [6, 6.07) is 0. The number of amides is 1. The van der Waals surface area contributed by atoms with Crippen molar-refractivity contribution in [2.45, 2.75) is 53.1 Å². The summed E-state index contributed by atoms with van der Waals surface area (Å²) in [5, 5.41) is 6.28. The van der Waals surface area contributed by atoms with E-state index in [9.17, 15) is 4.79 Å². The summed E-state index contributed by atoms with van der Waals surface area (Å²) < 4.78 is 10.9. The van der Waals surface area contributed by atoms with E-state index in [1.807, 2.05) is 20.8 Å². The maximum atomic E-state index is 11.7. The number of hydrogen-bond acceptors (Lipinski definition) is 4. The molecular weight excluding hydrogens is 280 g/mol. The Labute approximate surface area is 135 Å². The van der Waals surface area contributed by atoms with Gasteiger partial charge in [-0.2, -0.15) is 0 Å². The third-order valence-electron chi connectivity index (χ3n) is 3.73.